The molecule has 300 valence electrons. The highest BCUT2D eigenvalue weighted by atomic mass is 16.7. The van der Waals surface area contributed by atoms with Gasteiger partial charge in [-0.05, 0) is 80.2 Å². The van der Waals surface area contributed by atoms with Crippen molar-refractivity contribution >= 4 is 5.97 Å². The minimum Gasteiger partial charge on any atom is -0.459 e. The Morgan fingerprint density at radius 3 is 2.25 bits per heavy atom. The van der Waals surface area contributed by atoms with Gasteiger partial charge in [0, 0.05) is 25.5 Å². The second-order valence-corrected chi connectivity index (χ2v) is 16.7. The number of cyclic esters (lactones) is 1. The van der Waals surface area contributed by atoms with Gasteiger partial charge in [0.2, 0.25) is 0 Å². The molecule has 0 saturated carbocycles. The van der Waals surface area contributed by atoms with Crippen molar-refractivity contribution in [3.8, 4) is 6.07 Å². The molecule has 0 radical (unpaired) electrons. The number of epoxide rings is 1. The van der Waals surface area contributed by atoms with Gasteiger partial charge in [-0.15, -0.1) is 0 Å². The number of carbonyl (C=O) groups is 1. The highest BCUT2D eigenvalue weighted by molar-refractivity contribution is 5.73. The predicted molar refractivity (Wildman–Crippen MR) is 191 cm³/mol. The lowest BCUT2D eigenvalue weighted by molar-refractivity contribution is -0.313. The van der Waals surface area contributed by atoms with Crippen LogP contribution in [0, 0.1) is 29.7 Å². The maximum absolute atomic E-state index is 14.2. The van der Waals surface area contributed by atoms with Crippen LogP contribution in [0.1, 0.15) is 94.9 Å². The van der Waals surface area contributed by atoms with Gasteiger partial charge >= 0.3 is 5.97 Å². The number of ether oxygens (including phenoxy) is 7. The number of rotatable bonds is 6. The zero-order valence-electron chi connectivity index (χ0n) is 33.3. The lowest BCUT2D eigenvalue weighted by Crippen LogP contribution is -2.61. The topological polar surface area (TPSA) is 182 Å². The van der Waals surface area contributed by atoms with Crippen molar-refractivity contribution in [2.24, 2.45) is 23.7 Å². The summed E-state index contributed by atoms with van der Waals surface area (Å²) in [6.07, 6.45) is -6.97. The molecule has 0 bridgehead atoms. The predicted octanol–water partition coefficient (Wildman–Crippen LogP) is 2.62. The first-order valence-electron chi connectivity index (χ1n) is 19.1. The Bertz CT molecular complexity index is 1270. The number of nitrogens with zero attached hydrogens (tertiary/aromatic N) is 1. The summed E-state index contributed by atoms with van der Waals surface area (Å²) in [5.74, 6) is -3.00. The molecule has 18 atom stereocenters. The fourth-order valence-electron chi connectivity index (χ4n) is 8.83. The molecule has 4 saturated heterocycles. The fourth-order valence-corrected chi connectivity index (χ4v) is 8.83. The molecule has 0 aromatic carbocycles. The highest BCUT2D eigenvalue weighted by Gasteiger charge is 2.67. The standard InChI is InChI=1S/C38H67N2O12/c1-13-27-37(10,45)31(42)24(6)40-17-20(2)15-35(8,44)32(52-34-29(41)26(18-39-11)14-21(3)48-34)22(4)30(23(5)33(43)50-27)51-28-16-36(9,46-12)38(19-47-38)25(7)49-28/h20-32,34,40-42,44-45H,13-17,19H2,1-12H3/q+1/t20-,21-,22+,23-,24-,25+,26?,27-,28+,29-,30+,31-,32-,34+,35-,36-,37-,38+/m1/s1. The van der Waals surface area contributed by atoms with Crippen molar-refractivity contribution in [3.63, 3.8) is 0 Å². The number of nitrogens with one attached hydrogen (secondary N) is 1. The van der Waals surface area contributed by atoms with E-state index in [1.807, 2.05) is 34.6 Å². The zero-order chi connectivity index (χ0) is 39.0. The molecule has 5 N–H and O–H groups in total. The minimum absolute atomic E-state index is 0.154. The zero-order valence-corrected chi connectivity index (χ0v) is 33.3. The van der Waals surface area contributed by atoms with Crippen LogP contribution in [0.15, 0.2) is 0 Å². The van der Waals surface area contributed by atoms with E-state index < -0.39 is 101 Å². The van der Waals surface area contributed by atoms with Crippen molar-refractivity contribution in [2.75, 3.05) is 27.3 Å². The Labute approximate surface area is 310 Å². The van der Waals surface area contributed by atoms with Gasteiger partial charge < -0.3 is 58.9 Å². The molecule has 4 aliphatic heterocycles. The van der Waals surface area contributed by atoms with E-state index >= 15 is 0 Å². The summed E-state index contributed by atoms with van der Waals surface area (Å²) in [5, 5.41) is 50.1. The monoisotopic (exact) mass is 743 g/mol. The lowest BCUT2D eigenvalue weighted by atomic mass is 9.77. The highest BCUT2D eigenvalue weighted by Crippen LogP contribution is 2.51. The van der Waals surface area contributed by atoms with Gasteiger partial charge in [-0.25, -0.2) is 0 Å². The molecule has 0 aromatic rings. The average molecular weight is 744 g/mol. The first-order chi connectivity index (χ1) is 24.2. The van der Waals surface area contributed by atoms with Crippen LogP contribution in [-0.4, -0.2) is 137 Å². The molecule has 4 rings (SSSR count). The molecular formula is C38H67N2O12+. The van der Waals surface area contributed by atoms with Crippen LogP contribution < -0.4 is 5.32 Å². The average Bonchev–Trinajstić information content (AvgIpc) is 3.89. The van der Waals surface area contributed by atoms with E-state index in [-0.39, 0.29) is 31.3 Å². The number of methoxy groups -OCH3 is 1. The molecule has 0 aromatic heterocycles. The van der Waals surface area contributed by atoms with Crippen LogP contribution in [0.4, 0.5) is 0 Å². The third-order valence-corrected chi connectivity index (χ3v) is 12.3. The number of aliphatic hydroxyl groups excluding tert-OH is 2. The molecule has 1 spiro atoms. The van der Waals surface area contributed by atoms with Gasteiger partial charge in [-0.3, -0.25) is 4.79 Å². The molecule has 52 heavy (non-hydrogen) atoms. The summed E-state index contributed by atoms with van der Waals surface area (Å²) in [7, 11) is 3.22. The third kappa shape index (κ3) is 8.81. The van der Waals surface area contributed by atoms with Gasteiger partial charge in [-0.2, -0.15) is 0 Å². The summed E-state index contributed by atoms with van der Waals surface area (Å²) in [6.45, 7) is 18.7. The molecule has 4 heterocycles. The molecule has 4 fully saturated rings. The number of carbonyl (C=O) groups excluding carboxylic acids is 1. The summed E-state index contributed by atoms with van der Waals surface area (Å²) >= 11 is 0. The van der Waals surface area contributed by atoms with Crippen LogP contribution in [0.5, 0.6) is 0 Å². The fraction of sp³-hybridized carbons (Fsp3) is 0.947. The maximum atomic E-state index is 14.2. The summed E-state index contributed by atoms with van der Waals surface area (Å²) in [6, 6.07) is 2.37. The Balaban J connectivity index is 1.79. The van der Waals surface area contributed by atoms with E-state index in [2.05, 4.69) is 16.2 Å². The van der Waals surface area contributed by atoms with Crippen molar-refractivity contribution in [1.82, 2.24) is 5.32 Å². The summed E-state index contributed by atoms with van der Waals surface area (Å²) in [5.41, 5.74) is -4.73. The van der Waals surface area contributed by atoms with Crippen LogP contribution in [0.2, 0.25) is 0 Å². The first kappa shape index (κ1) is 43.3. The van der Waals surface area contributed by atoms with Gasteiger partial charge in [0.25, 0.3) is 13.1 Å². The SMILES string of the molecule is CC[C@H]1OC(=O)[C@H](C)[C@@H](O[C@H]2C[C@@](C)(OC)[C@]3(CO3)[C@H](C)O2)[C@H](C)[C@@H](O[C@@H]2O[C@H](C)CC(C#[N+]C)[C@H]2O)[C@](C)(O)C[C@@H](C)CN[C@H](C)[C@@H](O)[C@]1(C)O. The maximum Gasteiger partial charge on any atom is 0.311 e. The van der Waals surface area contributed by atoms with E-state index in [0.29, 0.717) is 19.6 Å². The van der Waals surface area contributed by atoms with E-state index in [0.717, 1.165) is 0 Å². The quantitative estimate of drug-likeness (QED) is 0.198. The largest absolute Gasteiger partial charge is 0.459 e. The van der Waals surface area contributed by atoms with Gasteiger partial charge in [0.05, 0.1) is 42.5 Å². The van der Waals surface area contributed by atoms with Crippen molar-refractivity contribution < 1.29 is 58.4 Å². The lowest BCUT2D eigenvalue weighted by Gasteiger charge is -2.48. The Morgan fingerprint density at radius 1 is 1.02 bits per heavy atom. The number of hydrogen-bond acceptors (Lipinski definition) is 13. The second-order valence-electron chi connectivity index (χ2n) is 16.7. The van der Waals surface area contributed by atoms with Crippen molar-refractivity contribution in [2.45, 2.75) is 179 Å². The third-order valence-electron chi connectivity index (χ3n) is 12.3. The number of aliphatic hydroxyl groups is 4. The minimum atomic E-state index is -1.79. The number of hydrogen-bond donors (Lipinski definition) is 5. The molecule has 14 heteroatoms. The van der Waals surface area contributed by atoms with Crippen molar-refractivity contribution in [3.05, 3.63) is 4.85 Å². The second kappa shape index (κ2) is 16.7. The van der Waals surface area contributed by atoms with Crippen LogP contribution in [0.3, 0.4) is 0 Å². The Kier molecular flexibility index (Phi) is 13.9. The smallest absolute Gasteiger partial charge is 0.311 e. The molecule has 1 unspecified atom stereocenters. The first-order valence-corrected chi connectivity index (χ1v) is 19.1. The summed E-state index contributed by atoms with van der Waals surface area (Å²) in [4.78, 5) is 18.2. The number of esters is 1. The van der Waals surface area contributed by atoms with Crippen molar-refractivity contribution in [1.29, 1.82) is 0 Å². The van der Waals surface area contributed by atoms with Crippen LogP contribution >= 0.6 is 0 Å². The van der Waals surface area contributed by atoms with Gasteiger partial charge in [0.1, 0.15) is 41.0 Å². The molecular weight excluding hydrogens is 676 g/mol. The summed E-state index contributed by atoms with van der Waals surface area (Å²) < 4.78 is 43.9. The van der Waals surface area contributed by atoms with Crippen LogP contribution in [0.25, 0.3) is 4.85 Å². The Morgan fingerprint density at radius 2 is 1.67 bits per heavy atom. The molecule has 4 aliphatic rings. The normalized spacial score (nSPS) is 51.0. The van der Waals surface area contributed by atoms with Gasteiger partial charge in [0.15, 0.2) is 12.6 Å². The van der Waals surface area contributed by atoms with E-state index in [4.69, 9.17) is 33.2 Å². The van der Waals surface area contributed by atoms with Crippen LogP contribution in [-0.2, 0) is 38.0 Å². The molecule has 0 aliphatic carbocycles. The molecule has 0 amide bonds. The Hall–Kier alpha value is -1.48. The van der Waals surface area contributed by atoms with E-state index in [1.54, 1.807) is 41.9 Å². The van der Waals surface area contributed by atoms with Gasteiger partial charge in [-0.1, -0.05) is 25.6 Å². The van der Waals surface area contributed by atoms with E-state index in [9.17, 15) is 25.2 Å². The van der Waals surface area contributed by atoms with E-state index in [1.165, 1.54) is 6.92 Å². The molecule has 14 nitrogen and oxygen atoms in total.